The molecule has 3 aromatic rings. The molecular formula is C19H16F4N2O3. The van der Waals surface area contributed by atoms with Crippen LogP contribution in [0, 0.1) is 5.82 Å². The van der Waals surface area contributed by atoms with E-state index >= 15 is 0 Å². The van der Waals surface area contributed by atoms with Crippen molar-refractivity contribution in [2.24, 2.45) is 0 Å². The Kier molecular flexibility index (Phi) is 5.84. The van der Waals surface area contributed by atoms with Crippen molar-refractivity contribution >= 4 is 5.69 Å². The van der Waals surface area contributed by atoms with Crippen LogP contribution >= 0.6 is 0 Å². The number of alkyl halides is 3. The lowest BCUT2D eigenvalue weighted by molar-refractivity contribution is -0.137. The molecule has 0 radical (unpaired) electrons. The number of nitrogens with one attached hydrogen (secondary N) is 1. The topological polar surface area (TPSA) is 67.5 Å². The van der Waals surface area contributed by atoms with Gasteiger partial charge in [-0.05, 0) is 42.5 Å². The fourth-order valence-corrected chi connectivity index (χ4v) is 2.48. The first-order chi connectivity index (χ1) is 13.4. The number of oxazole rings is 1. The van der Waals surface area contributed by atoms with E-state index < -0.39 is 17.6 Å². The summed E-state index contributed by atoms with van der Waals surface area (Å²) >= 11 is 0. The molecule has 0 saturated heterocycles. The summed E-state index contributed by atoms with van der Waals surface area (Å²) in [6.07, 6.45) is -3.18. The fraction of sp³-hybridized carbons (Fsp3) is 0.211. The largest absolute Gasteiger partial charge is 0.491 e. The van der Waals surface area contributed by atoms with E-state index in [1.165, 1.54) is 42.6 Å². The third-order valence-corrected chi connectivity index (χ3v) is 3.77. The number of nitrogens with zero attached hydrogens (tertiary/aromatic N) is 1. The molecule has 0 unspecified atom stereocenters. The predicted octanol–water partition coefficient (Wildman–Crippen LogP) is 4.48. The second-order valence-corrected chi connectivity index (χ2v) is 5.76. The number of hydrogen-bond acceptors (Lipinski definition) is 5. The Morgan fingerprint density at radius 3 is 2.54 bits per heavy atom. The zero-order valence-electron chi connectivity index (χ0n) is 14.5. The zero-order valence-corrected chi connectivity index (χ0v) is 14.5. The lowest BCUT2D eigenvalue weighted by Crippen LogP contribution is -2.12. The highest BCUT2D eigenvalue weighted by molar-refractivity contribution is 5.57. The number of anilines is 1. The summed E-state index contributed by atoms with van der Waals surface area (Å²) in [6, 6.07) is 9.03. The molecule has 1 heterocycles. The van der Waals surface area contributed by atoms with Crippen LogP contribution in [0.3, 0.4) is 0 Å². The van der Waals surface area contributed by atoms with E-state index in [9.17, 15) is 17.6 Å². The molecule has 0 spiro atoms. The molecule has 148 valence electrons. The van der Waals surface area contributed by atoms with Crippen LogP contribution in [0.15, 0.2) is 53.1 Å². The van der Waals surface area contributed by atoms with Gasteiger partial charge in [0.1, 0.15) is 18.2 Å². The maximum Gasteiger partial charge on any atom is 0.418 e. The average Bonchev–Trinajstić information content (AvgIpc) is 3.14. The molecule has 0 aliphatic heterocycles. The molecule has 1 aromatic heterocycles. The van der Waals surface area contributed by atoms with E-state index in [1.807, 2.05) is 0 Å². The van der Waals surface area contributed by atoms with E-state index in [2.05, 4.69) is 10.3 Å². The van der Waals surface area contributed by atoms with Crippen molar-refractivity contribution < 1.29 is 31.8 Å². The Morgan fingerprint density at radius 2 is 1.86 bits per heavy atom. The van der Waals surface area contributed by atoms with Gasteiger partial charge in [-0.3, -0.25) is 0 Å². The van der Waals surface area contributed by atoms with Gasteiger partial charge in [0.25, 0.3) is 0 Å². The molecule has 0 atom stereocenters. The first-order valence-electron chi connectivity index (χ1n) is 8.26. The molecule has 0 aliphatic rings. The van der Waals surface area contributed by atoms with E-state index in [0.717, 1.165) is 6.07 Å². The molecule has 2 N–H and O–H groups in total. The summed E-state index contributed by atoms with van der Waals surface area (Å²) in [5.41, 5.74) is -0.472. The van der Waals surface area contributed by atoms with Crippen LogP contribution in [-0.2, 0) is 12.7 Å². The maximum absolute atomic E-state index is 13.3. The van der Waals surface area contributed by atoms with Gasteiger partial charge in [0.15, 0.2) is 5.76 Å². The molecule has 9 heteroatoms. The SMILES string of the molecule is OCCOc1ccc(NCc2ncc(-c3ccc(F)cc3)o2)c(C(F)(F)F)c1. The highest BCUT2D eigenvalue weighted by Crippen LogP contribution is 2.37. The Bertz CT molecular complexity index is 924. The summed E-state index contributed by atoms with van der Waals surface area (Å²) in [5, 5.41) is 11.4. The number of aliphatic hydroxyl groups is 1. The number of benzene rings is 2. The quantitative estimate of drug-likeness (QED) is 0.577. The van der Waals surface area contributed by atoms with Crippen LogP contribution < -0.4 is 10.1 Å². The minimum atomic E-state index is -4.60. The van der Waals surface area contributed by atoms with Gasteiger partial charge >= 0.3 is 6.18 Å². The summed E-state index contributed by atoms with van der Waals surface area (Å²) in [4.78, 5) is 4.02. The molecule has 5 nitrogen and oxygen atoms in total. The van der Waals surface area contributed by atoms with Gasteiger partial charge in [-0.25, -0.2) is 9.37 Å². The minimum absolute atomic E-state index is 0.00152. The molecule has 0 bridgehead atoms. The number of rotatable bonds is 7. The van der Waals surface area contributed by atoms with Gasteiger partial charge in [-0.15, -0.1) is 0 Å². The molecule has 0 aliphatic carbocycles. The van der Waals surface area contributed by atoms with E-state index in [-0.39, 0.29) is 37.1 Å². The van der Waals surface area contributed by atoms with E-state index in [1.54, 1.807) is 0 Å². The van der Waals surface area contributed by atoms with Crippen molar-refractivity contribution in [2.75, 3.05) is 18.5 Å². The van der Waals surface area contributed by atoms with Gasteiger partial charge in [0.2, 0.25) is 5.89 Å². The number of aliphatic hydroxyl groups excluding tert-OH is 1. The highest BCUT2D eigenvalue weighted by Gasteiger charge is 2.34. The number of hydrogen-bond donors (Lipinski definition) is 2. The van der Waals surface area contributed by atoms with Gasteiger partial charge in [-0.2, -0.15) is 13.2 Å². The maximum atomic E-state index is 13.3. The molecule has 2 aromatic carbocycles. The first-order valence-corrected chi connectivity index (χ1v) is 8.26. The van der Waals surface area contributed by atoms with Gasteiger partial charge in [-0.1, -0.05) is 0 Å². The Labute approximate surface area is 157 Å². The van der Waals surface area contributed by atoms with Crippen LogP contribution in [0.4, 0.5) is 23.2 Å². The number of halogens is 4. The molecule has 28 heavy (non-hydrogen) atoms. The predicted molar refractivity (Wildman–Crippen MR) is 93.2 cm³/mol. The minimum Gasteiger partial charge on any atom is -0.491 e. The van der Waals surface area contributed by atoms with Crippen LogP contribution in [0.1, 0.15) is 11.5 Å². The Morgan fingerprint density at radius 1 is 1.11 bits per heavy atom. The number of ether oxygens (including phenoxy) is 1. The smallest absolute Gasteiger partial charge is 0.418 e. The number of aromatic nitrogens is 1. The summed E-state index contributed by atoms with van der Waals surface area (Å²) in [6.45, 7) is -0.491. The monoisotopic (exact) mass is 396 g/mol. The molecule has 0 amide bonds. The zero-order chi connectivity index (χ0) is 20.1. The van der Waals surface area contributed by atoms with Crippen molar-refractivity contribution in [3.05, 3.63) is 65.9 Å². The van der Waals surface area contributed by atoms with Crippen LogP contribution in [0.5, 0.6) is 5.75 Å². The normalized spacial score (nSPS) is 11.5. The lowest BCUT2D eigenvalue weighted by atomic mass is 10.1. The third kappa shape index (κ3) is 4.80. The van der Waals surface area contributed by atoms with Crippen molar-refractivity contribution in [1.29, 1.82) is 0 Å². The highest BCUT2D eigenvalue weighted by atomic mass is 19.4. The summed E-state index contributed by atoms with van der Waals surface area (Å²) in [5.74, 6) is 0.159. The van der Waals surface area contributed by atoms with Crippen molar-refractivity contribution in [2.45, 2.75) is 12.7 Å². The van der Waals surface area contributed by atoms with Gasteiger partial charge in [0.05, 0.1) is 24.9 Å². The van der Waals surface area contributed by atoms with Crippen molar-refractivity contribution in [3.63, 3.8) is 0 Å². The lowest BCUT2D eigenvalue weighted by Gasteiger charge is -2.15. The first kappa shape index (κ1) is 19.7. The third-order valence-electron chi connectivity index (χ3n) is 3.77. The average molecular weight is 396 g/mol. The summed E-state index contributed by atoms with van der Waals surface area (Å²) in [7, 11) is 0. The van der Waals surface area contributed by atoms with Crippen molar-refractivity contribution in [1.82, 2.24) is 4.98 Å². The second-order valence-electron chi connectivity index (χ2n) is 5.76. The Balaban J connectivity index is 1.74. The van der Waals surface area contributed by atoms with E-state index in [4.69, 9.17) is 14.3 Å². The van der Waals surface area contributed by atoms with E-state index in [0.29, 0.717) is 11.3 Å². The fourth-order valence-electron chi connectivity index (χ4n) is 2.48. The standard InChI is InChI=1S/C19H16F4N2O3/c20-13-3-1-12(2-4-13)17-10-25-18(28-17)11-24-16-6-5-14(27-8-7-26)9-15(16)19(21,22)23/h1-6,9-10,24,26H,7-8,11H2. The molecule has 0 saturated carbocycles. The van der Waals surface area contributed by atoms with Crippen molar-refractivity contribution in [3.8, 4) is 17.1 Å². The van der Waals surface area contributed by atoms with Crippen LogP contribution in [0.2, 0.25) is 0 Å². The Hall–Kier alpha value is -3.07. The van der Waals surface area contributed by atoms with Gasteiger partial charge in [0, 0.05) is 11.3 Å². The molecular weight excluding hydrogens is 380 g/mol. The van der Waals surface area contributed by atoms with Gasteiger partial charge < -0.3 is 19.6 Å². The summed E-state index contributed by atoms with van der Waals surface area (Å²) < 4.78 is 63.5. The molecule has 0 fully saturated rings. The van der Waals surface area contributed by atoms with Crippen LogP contribution in [0.25, 0.3) is 11.3 Å². The second kappa shape index (κ2) is 8.30. The van der Waals surface area contributed by atoms with Crippen LogP contribution in [-0.4, -0.2) is 23.3 Å². The molecule has 3 rings (SSSR count).